The smallest absolute Gasteiger partial charge is 0.412 e. The molecular formula is C14H15ClN4O3S. The predicted octanol–water partition coefficient (Wildman–Crippen LogP) is 3.64. The first-order valence-corrected chi connectivity index (χ1v) is 7.75. The van der Waals surface area contributed by atoms with E-state index < -0.39 is 17.1 Å². The van der Waals surface area contributed by atoms with E-state index in [-0.39, 0.29) is 11.0 Å². The average Bonchev–Trinajstić information content (AvgIpc) is 2.44. The fourth-order valence-corrected chi connectivity index (χ4v) is 2.19. The number of nitrogens with zero attached hydrogens (tertiary/aromatic N) is 2. The van der Waals surface area contributed by atoms with Gasteiger partial charge in [0.15, 0.2) is 11.0 Å². The average molecular weight is 355 g/mol. The van der Waals surface area contributed by atoms with Gasteiger partial charge in [-0.3, -0.25) is 10.1 Å². The number of halogens is 1. The van der Waals surface area contributed by atoms with Crippen LogP contribution < -0.4 is 16.1 Å². The number of nitrogens with one attached hydrogen (secondary N) is 2. The van der Waals surface area contributed by atoms with Crippen LogP contribution in [-0.4, -0.2) is 20.4 Å². The molecule has 0 bridgehead atoms. The van der Waals surface area contributed by atoms with Crippen LogP contribution in [0.25, 0.3) is 0 Å². The summed E-state index contributed by atoms with van der Waals surface area (Å²) in [5.41, 5.74) is -0.202. The lowest BCUT2D eigenvalue weighted by Crippen LogP contribution is -2.27. The lowest BCUT2D eigenvalue weighted by atomic mass is 10.2. The van der Waals surface area contributed by atoms with Gasteiger partial charge in [-0.25, -0.2) is 4.79 Å². The van der Waals surface area contributed by atoms with Gasteiger partial charge in [0.05, 0.1) is 23.1 Å². The van der Waals surface area contributed by atoms with E-state index in [2.05, 4.69) is 19.4 Å². The Kier molecular flexibility index (Phi) is 5.17. The van der Waals surface area contributed by atoms with Crippen LogP contribution in [0, 0.1) is 0 Å². The van der Waals surface area contributed by atoms with Gasteiger partial charge < -0.3 is 10.1 Å². The molecule has 0 aliphatic carbocycles. The third-order valence-corrected chi connectivity index (χ3v) is 3.36. The molecule has 0 saturated carbocycles. The van der Waals surface area contributed by atoms with Gasteiger partial charge in [-0.1, -0.05) is 23.7 Å². The number of rotatable bonds is 3. The maximum Gasteiger partial charge on any atom is 0.412 e. The lowest BCUT2D eigenvalue weighted by molar-refractivity contribution is 0.0636. The molecule has 122 valence electrons. The van der Waals surface area contributed by atoms with E-state index >= 15 is 0 Å². The number of para-hydroxylation sites is 2. The molecule has 0 aliphatic heterocycles. The fraction of sp³-hybridized carbons (Fsp3) is 0.286. The highest BCUT2D eigenvalue weighted by Crippen LogP contribution is 2.24. The Bertz CT molecular complexity index is 773. The third kappa shape index (κ3) is 4.90. The van der Waals surface area contributed by atoms with Gasteiger partial charge in [0.25, 0.3) is 5.43 Å². The molecule has 9 heteroatoms. The van der Waals surface area contributed by atoms with Gasteiger partial charge >= 0.3 is 6.09 Å². The van der Waals surface area contributed by atoms with Crippen molar-refractivity contribution in [2.75, 3.05) is 10.6 Å². The summed E-state index contributed by atoms with van der Waals surface area (Å²) in [4.78, 5) is 23.8. The van der Waals surface area contributed by atoms with Crippen LogP contribution in [0.2, 0.25) is 5.15 Å². The van der Waals surface area contributed by atoms with E-state index in [1.54, 1.807) is 45.0 Å². The molecule has 1 aromatic carbocycles. The quantitative estimate of drug-likeness (QED) is 0.874. The van der Waals surface area contributed by atoms with Gasteiger partial charge in [-0.2, -0.15) is 8.75 Å². The maximum atomic E-state index is 11.9. The van der Waals surface area contributed by atoms with Gasteiger partial charge in [0, 0.05) is 0 Å². The molecule has 1 amide bonds. The Hall–Kier alpha value is -2.19. The molecule has 0 radical (unpaired) electrons. The number of amides is 1. The molecule has 1 aromatic heterocycles. The highest BCUT2D eigenvalue weighted by atomic mass is 35.5. The second-order valence-electron chi connectivity index (χ2n) is 5.53. The standard InChI is InChI=1S/C14H15ClN4O3S/c1-14(2,3)22-13(21)17-9-7-5-4-6-8(9)16-12-10(20)11(15)18-23-19-12/h4-7H,1-3H3,(H,16,19)(H,17,21). The van der Waals surface area contributed by atoms with Crippen LogP contribution in [0.4, 0.5) is 22.0 Å². The monoisotopic (exact) mass is 354 g/mol. The number of carbonyl (C=O) groups is 1. The Balaban J connectivity index is 2.23. The zero-order valence-corrected chi connectivity index (χ0v) is 14.3. The highest BCUT2D eigenvalue weighted by Gasteiger charge is 2.17. The number of benzene rings is 1. The van der Waals surface area contributed by atoms with Crippen molar-refractivity contribution in [2.45, 2.75) is 26.4 Å². The second-order valence-corrected chi connectivity index (χ2v) is 6.42. The molecule has 0 saturated heterocycles. The summed E-state index contributed by atoms with van der Waals surface area (Å²) >= 11 is 6.50. The van der Waals surface area contributed by atoms with Crippen LogP contribution in [0.1, 0.15) is 20.8 Å². The summed E-state index contributed by atoms with van der Waals surface area (Å²) in [6.07, 6.45) is -0.599. The van der Waals surface area contributed by atoms with Crippen molar-refractivity contribution in [1.82, 2.24) is 8.75 Å². The van der Waals surface area contributed by atoms with E-state index in [4.69, 9.17) is 16.3 Å². The normalized spacial score (nSPS) is 11.0. The molecule has 0 aliphatic rings. The third-order valence-electron chi connectivity index (χ3n) is 2.47. The Morgan fingerprint density at radius 3 is 2.52 bits per heavy atom. The molecule has 2 aromatic rings. The number of hydrogen-bond donors (Lipinski definition) is 2. The van der Waals surface area contributed by atoms with Crippen LogP contribution in [0.5, 0.6) is 0 Å². The van der Waals surface area contributed by atoms with Crippen LogP contribution in [-0.2, 0) is 4.74 Å². The SMILES string of the molecule is CC(C)(C)OC(=O)Nc1ccccc1Nc1nsnc(Cl)c1=O. The van der Waals surface area contributed by atoms with E-state index in [9.17, 15) is 9.59 Å². The highest BCUT2D eigenvalue weighted by molar-refractivity contribution is 6.99. The van der Waals surface area contributed by atoms with Crippen molar-refractivity contribution in [1.29, 1.82) is 0 Å². The van der Waals surface area contributed by atoms with Gasteiger partial charge in [-0.05, 0) is 32.9 Å². The van der Waals surface area contributed by atoms with Crippen molar-refractivity contribution < 1.29 is 9.53 Å². The molecule has 23 heavy (non-hydrogen) atoms. The molecule has 2 rings (SSSR count). The number of anilines is 3. The van der Waals surface area contributed by atoms with E-state index in [1.807, 2.05) is 0 Å². The molecule has 0 fully saturated rings. The molecule has 7 nitrogen and oxygen atoms in total. The van der Waals surface area contributed by atoms with Gasteiger partial charge in [0.1, 0.15) is 5.60 Å². The lowest BCUT2D eigenvalue weighted by Gasteiger charge is -2.20. The molecular weight excluding hydrogens is 340 g/mol. The van der Waals surface area contributed by atoms with Crippen molar-refractivity contribution in [3.05, 3.63) is 39.6 Å². The first-order valence-electron chi connectivity index (χ1n) is 6.65. The predicted molar refractivity (Wildman–Crippen MR) is 90.8 cm³/mol. The first-order chi connectivity index (χ1) is 10.8. The minimum absolute atomic E-state index is 0.0356. The van der Waals surface area contributed by atoms with Gasteiger partial charge in [-0.15, -0.1) is 0 Å². The summed E-state index contributed by atoms with van der Waals surface area (Å²) in [7, 11) is 0. The largest absolute Gasteiger partial charge is 0.444 e. The molecule has 0 atom stereocenters. The summed E-state index contributed by atoms with van der Waals surface area (Å²) < 4.78 is 12.7. The summed E-state index contributed by atoms with van der Waals surface area (Å²) in [6.45, 7) is 5.31. The Morgan fingerprint density at radius 1 is 1.22 bits per heavy atom. The fourth-order valence-electron chi connectivity index (χ4n) is 1.60. The van der Waals surface area contributed by atoms with Crippen LogP contribution in [0.3, 0.4) is 0 Å². The molecule has 2 N–H and O–H groups in total. The number of ether oxygens (including phenoxy) is 1. The van der Waals surface area contributed by atoms with Crippen LogP contribution in [0.15, 0.2) is 29.1 Å². The van der Waals surface area contributed by atoms with Gasteiger partial charge in [0.2, 0.25) is 0 Å². The first kappa shape index (κ1) is 17.2. The van der Waals surface area contributed by atoms with Crippen molar-refractivity contribution in [2.24, 2.45) is 0 Å². The van der Waals surface area contributed by atoms with E-state index in [0.29, 0.717) is 11.4 Å². The second kappa shape index (κ2) is 6.93. The van der Waals surface area contributed by atoms with Crippen molar-refractivity contribution in [3.63, 3.8) is 0 Å². The van der Waals surface area contributed by atoms with Crippen LogP contribution >= 0.6 is 23.3 Å². The minimum atomic E-state index is -0.615. The van der Waals surface area contributed by atoms with E-state index in [1.165, 1.54) is 0 Å². The van der Waals surface area contributed by atoms with Crippen molar-refractivity contribution in [3.8, 4) is 0 Å². The molecule has 0 spiro atoms. The van der Waals surface area contributed by atoms with E-state index in [0.717, 1.165) is 11.7 Å². The maximum absolute atomic E-state index is 11.9. The zero-order chi connectivity index (χ0) is 17.0. The van der Waals surface area contributed by atoms with Crippen molar-refractivity contribution >= 4 is 46.6 Å². The zero-order valence-electron chi connectivity index (χ0n) is 12.7. The number of carbonyl (C=O) groups excluding carboxylic acids is 1. The summed E-state index contributed by atoms with van der Waals surface area (Å²) in [5.74, 6) is 0.0356. The Labute approximate surface area is 142 Å². The summed E-state index contributed by atoms with van der Waals surface area (Å²) in [6, 6.07) is 6.85. The topological polar surface area (TPSA) is 93.2 Å². The Morgan fingerprint density at radius 2 is 1.87 bits per heavy atom. The molecule has 0 unspecified atom stereocenters. The number of aromatic nitrogens is 2. The molecule has 1 heterocycles. The minimum Gasteiger partial charge on any atom is -0.444 e. The summed E-state index contributed by atoms with van der Waals surface area (Å²) in [5, 5.41) is 5.30. The number of hydrogen-bond acceptors (Lipinski definition) is 7.